The summed E-state index contributed by atoms with van der Waals surface area (Å²) in [5, 5.41) is 2.87. The Morgan fingerprint density at radius 2 is 1.91 bits per heavy atom. The maximum absolute atomic E-state index is 11.8. The summed E-state index contributed by atoms with van der Waals surface area (Å²) in [6.07, 6.45) is 1.01. The predicted octanol–water partition coefficient (Wildman–Crippen LogP) is 4.65. The third kappa shape index (κ3) is 3.26. The predicted molar refractivity (Wildman–Crippen MR) is 92.3 cm³/mol. The number of amides is 1. The molecule has 0 atom stereocenters. The second kappa shape index (κ2) is 6.24. The third-order valence-electron chi connectivity index (χ3n) is 3.79. The molecule has 0 aliphatic heterocycles. The summed E-state index contributed by atoms with van der Waals surface area (Å²) in [6, 6.07) is 13.7. The fourth-order valence-corrected chi connectivity index (χ4v) is 2.30. The number of nitrogens with one attached hydrogen (secondary N) is 1. The highest BCUT2D eigenvalue weighted by Crippen LogP contribution is 2.26. The molecule has 118 valence electrons. The van der Waals surface area contributed by atoms with Crippen LogP contribution in [0, 0.1) is 5.92 Å². The van der Waals surface area contributed by atoms with Crippen LogP contribution in [-0.4, -0.2) is 10.9 Å². The van der Waals surface area contributed by atoms with Crippen LogP contribution in [0.25, 0.3) is 22.6 Å². The van der Waals surface area contributed by atoms with Gasteiger partial charge in [-0.25, -0.2) is 4.98 Å². The van der Waals surface area contributed by atoms with Crippen LogP contribution in [0.2, 0.25) is 0 Å². The molecule has 0 spiro atoms. The number of fused-ring (bicyclic) bond motifs is 1. The normalized spacial score (nSPS) is 11.1. The summed E-state index contributed by atoms with van der Waals surface area (Å²) < 4.78 is 5.85. The minimum absolute atomic E-state index is 0.0146. The van der Waals surface area contributed by atoms with E-state index in [1.54, 1.807) is 0 Å². The van der Waals surface area contributed by atoms with Crippen LogP contribution >= 0.6 is 0 Å². The maximum atomic E-state index is 11.8. The van der Waals surface area contributed by atoms with E-state index < -0.39 is 0 Å². The molecule has 0 bridgehead atoms. The van der Waals surface area contributed by atoms with E-state index in [-0.39, 0.29) is 11.8 Å². The maximum Gasteiger partial charge on any atom is 0.227 e. The summed E-state index contributed by atoms with van der Waals surface area (Å²) in [5.41, 5.74) is 4.40. The highest BCUT2D eigenvalue weighted by Gasteiger charge is 2.11. The van der Waals surface area contributed by atoms with Gasteiger partial charge in [0.15, 0.2) is 5.58 Å². The molecular formula is C19H20N2O2. The van der Waals surface area contributed by atoms with Crippen molar-refractivity contribution < 1.29 is 9.21 Å². The molecule has 1 aromatic heterocycles. The Bertz CT molecular complexity index is 832. The second-order valence-electron chi connectivity index (χ2n) is 5.90. The van der Waals surface area contributed by atoms with Gasteiger partial charge in [0.2, 0.25) is 11.8 Å². The van der Waals surface area contributed by atoms with E-state index in [0.29, 0.717) is 11.5 Å². The van der Waals surface area contributed by atoms with E-state index in [4.69, 9.17) is 4.42 Å². The van der Waals surface area contributed by atoms with Crippen molar-refractivity contribution in [1.29, 1.82) is 0 Å². The lowest BCUT2D eigenvalue weighted by atomic mass is 10.1. The van der Waals surface area contributed by atoms with Gasteiger partial charge in [-0.2, -0.15) is 0 Å². The van der Waals surface area contributed by atoms with Crippen molar-refractivity contribution in [3.8, 4) is 11.5 Å². The molecule has 0 aliphatic rings. The molecule has 0 aliphatic carbocycles. The zero-order valence-electron chi connectivity index (χ0n) is 13.6. The van der Waals surface area contributed by atoms with Crippen LogP contribution < -0.4 is 5.32 Å². The second-order valence-corrected chi connectivity index (χ2v) is 5.90. The quantitative estimate of drug-likeness (QED) is 0.763. The first-order chi connectivity index (χ1) is 11.1. The first-order valence-corrected chi connectivity index (χ1v) is 7.87. The summed E-state index contributed by atoms with van der Waals surface area (Å²) in [6.45, 7) is 5.85. The van der Waals surface area contributed by atoms with Gasteiger partial charge >= 0.3 is 0 Å². The standard InChI is InChI=1S/C19H20N2O2/c1-4-13-5-7-14(8-6-13)19-21-16-10-9-15(11-17(16)23-19)20-18(22)12(2)3/h5-12H,4H2,1-3H3,(H,20,22). The Hall–Kier alpha value is -2.62. The van der Waals surface area contributed by atoms with Gasteiger partial charge in [-0.15, -0.1) is 0 Å². The smallest absolute Gasteiger partial charge is 0.227 e. The molecule has 3 aromatic rings. The number of rotatable bonds is 4. The molecule has 0 unspecified atom stereocenters. The molecule has 0 saturated carbocycles. The van der Waals surface area contributed by atoms with Crippen LogP contribution in [-0.2, 0) is 11.2 Å². The molecule has 1 N–H and O–H groups in total. The minimum atomic E-state index is -0.0620. The molecule has 1 heterocycles. The molecule has 23 heavy (non-hydrogen) atoms. The van der Waals surface area contributed by atoms with Gasteiger partial charge in [-0.3, -0.25) is 4.79 Å². The van der Waals surface area contributed by atoms with Crippen molar-refractivity contribution in [2.75, 3.05) is 5.32 Å². The van der Waals surface area contributed by atoms with Crippen molar-refractivity contribution in [2.45, 2.75) is 27.2 Å². The molecule has 0 fully saturated rings. The van der Waals surface area contributed by atoms with Crippen LogP contribution in [0.1, 0.15) is 26.3 Å². The van der Waals surface area contributed by atoms with E-state index in [2.05, 4.69) is 29.4 Å². The molecular weight excluding hydrogens is 288 g/mol. The van der Waals surface area contributed by atoms with Crippen LogP contribution in [0.3, 0.4) is 0 Å². The summed E-state index contributed by atoms with van der Waals surface area (Å²) in [4.78, 5) is 16.3. The van der Waals surface area contributed by atoms with Gasteiger partial charge in [-0.1, -0.05) is 32.9 Å². The molecule has 1 amide bonds. The third-order valence-corrected chi connectivity index (χ3v) is 3.79. The Morgan fingerprint density at radius 1 is 1.17 bits per heavy atom. The number of aromatic nitrogens is 1. The van der Waals surface area contributed by atoms with Gasteiger partial charge in [0.25, 0.3) is 0 Å². The summed E-state index contributed by atoms with van der Waals surface area (Å²) in [5.74, 6) is 0.516. The molecule has 0 saturated heterocycles. The summed E-state index contributed by atoms with van der Waals surface area (Å²) in [7, 11) is 0. The fourth-order valence-electron chi connectivity index (χ4n) is 2.30. The first kappa shape index (κ1) is 15.3. The van der Waals surface area contributed by atoms with Crippen molar-refractivity contribution in [3.05, 3.63) is 48.0 Å². The number of hydrogen-bond acceptors (Lipinski definition) is 3. The number of nitrogens with zero attached hydrogens (tertiary/aromatic N) is 1. The van der Waals surface area contributed by atoms with E-state index in [1.807, 2.05) is 44.2 Å². The van der Waals surface area contributed by atoms with E-state index in [0.717, 1.165) is 23.2 Å². The number of oxazole rings is 1. The highest BCUT2D eigenvalue weighted by atomic mass is 16.3. The lowest BCUT2D eigenvalue weighted by Crippen LogP contribution is -2.17. The Labute approximate surface area is 135 Å². The number of carbonyl (C=O) groups is 1. The Morgan fingerprint density at radius 3 is 2.57 bits per heavy atom. The number of hydrogen-bond donors (Lipinski definition) is 1. The average molecular weight is 308 g/mol. The average Bonchev–Trinajstić information content (AvgIpc) is 2.98. The Kier molecular flexibility index (Phi) is 4.15. The lowest BCUT2D eigenvalue weighted by molar-refractivity contribution is -0.118. The monoisotopic (exact) mass is 308 g/mol. The SMILES string of the molecule is CCc1ccc(-c2nc3ccc(NC(=O)C(C)C)cc3o2)cc1. The zero-order chi connectivity index (χ0) is 16.4. The van der Waals surface area contributed by atoms with Crippen molar-refractivity contribution in [1.82, 2.24) is 4.98 Å². The van der Waals surface area contributed by atoms with Gasteiger partial charge in [0.05, 0.1) is 0 Å². The van der Waals surface area contributed by atoms with Gasteiger partial charge < -0.3 is 9.73 Å². The van der Waals surface area contributed by atoms with Crippen molar-refractivity contribution in [3.63, 3.8) is 0 Å². The summed E-state index contributed by atoms with van der Waals surface area (Å²) >= 11 is 0. The number of benzene rings is 2. The lowest BCUT2D eigenvalue weighted by Gasteiger charge is -2.06. The highest BCUT2D eigenvalue weighted by molar-refractivity contribution is 5.94. The van der Waals surface area contributed by atoms with Gasteiger partial charge in [-0.05, 0) is 36.2 Å². The number of aryl methyl sites for hydroxylation is 1. The van der Waals surface area contributed by atoms with E-state index in [1.165, 1.54) is 5.56 Å². The molecule has 2 aromatic carbocycles. The molecule has 4 nitrogen and oxygen atoms in total. The topological polar surface area (TPSA) is 55.1 Å². The zero-order valence-corrected chi connectivity index (χ0v) is 13.6. The number of anilines is 1. The fraction of sp³-hybridized carbons (Fsp3) is 0.263. The van der Waals surface area contributed by atoms with Gasteiger partial charge in [0.1, 0.15) is 5.52 Å². The largest absolute Gasteiger partial charge is 0.436 e. The molecule has 4 heteroatoms. The van der Waals surface area contributed by atoms with Crippen LogP contribution in [0.5, 0.6) is 0 Å². The first-order valence-electron chi connectivity index (χ1n) is 7.87. The van der Waals surface area contributed by atoms with E-state index in [9.17, 15) is 4.79 Å². The van der Waals surface area contributed by atoms with Crippen molar-refractivity contribution >= 4 is 22.7 Å². The Balaban J connectivity index is 1.90. The van der Waals surface area contributed by atoms with Crippen LogP contribution in [0.15, 0.2) is 46.9 Å². The minimum Gasteiger partial charge on any atom is -0.436 e. The van der Waals surface area contributed by atoms with Crippen molar-refractivity contribution in [2.24, 2.45) is 5.92 Å². The molecule has 0 radical (unpaired) electrons. The van der Waals surface area contributed by atoms with Crippen LogP contribution in [0.4, 0.5) is 5.69 Å². The molecule has 3 rings (SSSR count). The number of carbonyl (C=O) groups excluding carboxylic acids is 1. The van der Waals surface area contributed by atoms with E-state index >= 15 is 0 Å². The van der Waals surface area contributed by atoms with Gasteiger partial charge in [0, 0.05) is 23.2 Å².